The quantitative estimate of drug-likeness (QED) is 0.798. The highest BCUT2D eigenvalue weighted by molar-refractivity contribution is 7.15. The molecule has 0 fully saturated rings. The van der Waals surface area contributed by atoms with E-state index in [0.29, 0.717) is 5.82 Å². The Morgan fingerprint density at radius 2 is 2.11 bits per heavy atom. The van der Waals surface area contributed by atoms with Crippen LogP contribution in [0.5, 0.6) is 11.5 Å². The fourth-order valence-corrected chi connectivity index (χ4v) is 2.70. The van der Waals surface area contributed by atoms with Crippen LogP contribution in [-0.2, 0) is 0 Å². The first-order valence-corrected chi connectivity index (χ1v) is 6.55. The molecule has 2 N–H and O–H groups in total. The number of ether oxygens (including phenoxy) is 2. The van der Waals surface area contributed by atoms with Crippen molar-refractivity contribution in [2.24, 2.45) is 0 Å². The van der Waals surface area contributed by atoms with Crippen LogP contribution in [0.4, 0.5) is 5.82 Å². The number of fused-ring (bicyclic) bond motifs is 1. The van der Waals surface area contributed by atoms with Crippen molar-refractivity contribution in [1.29, 1.82) is 0 Å². The van der Waals surface area contributed by atoms with E-state index in [1.54, 1.807) is 14.2 Å². The lowest BCUT2D eigenvalue weighted by atomic mass is 10.1. The SMILES string of the molecule is COc1ccc(-c2cn3c(N)csc3n2)c(OC)c1. The van der Waals surface area contributed by atoms with Gasteiger partial charge in [0, 0.05) is 23.2 Å². The first kappa shape index (κ1) is 11.9. The van der Waals surface area contributed by atoms with Crippen molar-refractivity contribution in [2.45, 2.75) is 0 Å². The summed E-state index contributed by atoms with van der Waals surface area (Å²) in [6.07, 6.45) is 1.91. The molecule has 0 amide bonds. The van der Waals surface area contributed by atoms with Crippen LogP contribution in [0.2, 0.25) is 0 Å². The van der Waals surface area contributed by atoms with Crippen LogP contribution >= 0.6 is 11.3 Å². The fraction of sp³-hybridized carbons (Fsp3) is 0.154. The molecule has 0 spiro atoms. The molecule has 0 radical (unpaired) electrons. The smallest absolute Gasteiger partial charge is 0.195 e. The summed E-state index contributed by atoms with van der Waals surface area (Å²) in [4.78, 5) is 5.41. The Balaban J connectivity index is 2.14. The summed E-state index contributed by atoms with van der Waals surface area (Å²) < 4.78 is 12.4. The molecule has 98 valence electrons. The number of thiazole rings is 1. The Hall–Kier alpha value is -2.21. The first-order valence-electron chi connectivity index (χ1n) is 5.67. The van der Waals surface area contributed by atoms with Gasteiger partial charge in [0.05, 0.1) is 19.9 Å². The third-order valence-corrected chi connectivity index (χ3v) is 3.78. The van der Waals surface area contributed by atoms with Gasteiger partial charge in [0.1, 0.15) is 17.3 Å². The standard InChI is InChI=1S/C13H13N3O2S/c1-17-8-3-4-9(11(5-8)18-2)10-6-16-12(14)7-19-13(16)15-10/h3-7H,14H2,1-2H3. The maximum Gasteiger partial charge on any atom is 0.195 e. The molecule has 0 unspecified atom stereocenters. The lowest BCUT2D eigenvalue weighted by Crippen LogP contribution is -1.91. The van der Waals surface area contributed by atoms with Crippen molar-refractivity contribution in [3.05, 3.63) is 29.8 Å². The van der Waals surface area contributed by atoms with Crippen LogP contribution in [0.1, 0.15) is 0 Å². The molecule has 0 aliphatic rings. The number of hydrogen-bond acceptors (Lipinski definition) is 5. The van der Waals surface area contributed by atoms with E-state index in [9.17, 15) is 0 Å². The Kier molecular flexibility index (Phi) is 2.79. The number of nitrogens with zero attached hydrogens (tertiary/aromatic N) is 2. The summed E-state index contributed by atoms with van der Waals surface area (Å²) in [5.74, 6) is 2.16. The molecule has 1 aromatic carbocycles. The van der Waals surface area contributed by atoms with E-state index in [0.717, 1.165) is 27.7 Å². The van der Waals surface area contributed by atoms with E-state index < -0.39 is 0 Å². The predicted molar refractivity (Wildman–Crippen MR) is 76.0 cm³/mol. The second kappa shape index (κ2) is 4.47. The maximum absolute atomic E-state index is 5.87. The lowest BCUT2D eigenvalue weighted by Gasteiger charge is -2.08. The number of nitrogen functional groups attached to an aromatic ring is 1. The molecule has 0 saturated carbocycles. The number of anilines is 1. The summed E-state index contributed by atoms with van der Waals surface area (Å²) >= 11 is 1.51. The van der Waals surface area contributed by atoms with E-state index in [1.165, 1.54) is 11.3 Å². The predicted octanol–water partition coefficient (Wildman–Crippen LogP) is 2.66. The molecule has 3 aromatic rings. The number of nitrogens with two attached hydrogens (primary N) is 1. The van der Waals surface area contributed by atoms with Crippen molar-refractivity contribution in [2.75, 3.05) is 20.0 Å². The van der Waals surface area contributed by atoms with Gasteiger partial charge in [-0.05, 0) is 12.1 Å². The van der Waals surface area contributed by atoms with Crippen molar-refractivity contribution < 1.29 is 9.47 Å². The number of aromatic nitrogens is 2. The lowest BCUT2D eigenvalue weighted by molar-refractivity contribution is 0.395. The van der Waals surface area contributed by atoms with Gasteiger partial charge in [-0.2, -0.15) is 0 Å². The molecule has 0 atom stereocenters. The molecule has 19 heavy (non-hydrogen) atoms. The molecule has 5 nitrogen and oxygen atoms in total. The van der Waals surface area contributed by atoms with Gasteiger partial charge in [-0.3, -0.25) is 4.40 Å². The van der Waals surface area contributed by atoms with Gasteiger partial charge >= 0.3 is 0 Å². The zero-order chi connectivity index (χ0) is 13.4. The van der Waals surface area contributed by atoms with Gasteiger partial charge in [-0.25, -0.2) is 4.98 Å². The normalized spacial score (nSPS) is 10.8. The maximum atomic E-state index is 5.87. The van der Waals surface area contributed by atoms with Crippen LogP contribution in [0.3, 0.4) is 0 Å². The Labute approximate surface area is 114 Å². The number of methoxy groups -OCH3 is 2. The summed E-state index contributed by atoms with van der Waals surface area (Å²) in [6.45, 7) is 0. The fourth-order valence-electron chi connectivity index (χ4n) is 1.94. The average Bonchev–Trinajstić information content (AvgIpc) is 3.00. The van der Waals surface area contributed by atoms with Crippen molar-refractivity contribution in [3.8, 4) is 22.8 Å². The van der Waals surface area contributed by atoms with Crippen molar-refractivity contribution in [3.63, 3.8) is 0 Å². The van der Waals surface area contributed by atoms with E-state index >= 15 is 0 Å². The zero-order valence-corrected chi connectivity index (χ0v) is 11.4. The van der Waals surface area contributed by atoms with Crippen LogP contribution in [0.15, 0.2) is 29.8 Å². The zero-order valence-electron chi connectivity index (χ0n) is 10.6. The molecule has 3 rings (SSSR count). The van der Waals surface area contributed by atoms with Crippen LogP contribution in [0.25, 0.3) is 16.2 Å². The Bertz CT molecular complexity index is 733. The first-order chi connectivity index (χ1) is 9.22. The molecule has 6 heteroatoms. The molecule has 0 aliphatic heterocycles. The second-order valence-corrected chi connectivity index (χ2v) is 4.84. The molecule has 0 aliphatic carbocycles. The third kappa shape index (κ3) is 1.90. The van der Waals surface area contributed by atoms with Gasteiger partial charge in [0.2, 0.25) is 0 Å². The van der Waals surface area contributed by atoms with E-state index in [-0.39, 0.29) is 0 Å². The second-order valence-electron chi connectivity index (χ2n) is 4.01. The minimum atomic E-state index is 0.686. The third-order valence-electron chi connectivity index (χ3n) is 2.92. The van der Waals surface area contributed by atoms with Gasteiger partial charge in [0.25, 0.3) is 0 Å². The van der Waals surface area contributed by atoms with Gasteiger partial charge < -0.3 is 15.2 Å². The Morgan fingerprint density at radius 3 is 2.79 bits per heavy atom. The summed E-state index contributed by atoms with van der Waals surface area (Å²) in [6, 6.07) is 5.65. The molecular weight excluding hydrogens is 262 g/mol. The van der Waals surface area contributed by atoms with Crippen LogP contribution in [0, 0.1) is 0 Å². The number of imidazole rings is 1. The monoisotopic (exact) mass is 275 g/mol. The number of hydrogen-bond donors (Lipinski definition) is 1. The summed E-state index contributed by atoms with van der Waals surface area (Å²) in [5, 5.41) is 1.87. The van der Waals surface area contributed by atoms with E-state index in [2.05, 4.69) is 4.98 Å². The highest BCUT2D eigenvalue weighted by Gasteiger charge is 2.12. The summed E-state index contributed by atoms with van der Waals surface area (Å²) in [5.41, 5.74) is 7.61. The average molecular weight is 275 g/mol. The molecule has 0 saturated heterocycles. The summed E-state index contributed by atoms with van der Waals surface area (Å²) in [7, 11) is 3.26. The molecule has 0 bridgehead atoms. The van der Waals surface area contributed by atoms with Crippen LogP contribution in [-0.4, -0.2) is 23.6 Å². The van der Waals surface area contributed by atoms with Gasteiger partial charge in [0.15, 0.2) is 4.96 Å². The number of rotatable bonds is 3. The topological polar surface area (TPSA) is 61.8 Å². The van der Waals surface area contributed by atoms with Crippen molar-refractivity contribution >= 4 is 22.1 Å². The van der Waals surface area contributed by atoms with Crippen molar-refractivity contribution in [1.82, 2.24) is 9.38 Å². The van der Waals surface area contributed by atoms with E-state index in [1.807, 2.05) is 34.2 Å². The molecule has 2 aromatic heterocycles. The van der Waals surface area contributed by atoms with E-state index in [4.69, 9.17) is 15.2 Å². The molecule has 2 heterocycles. The number of benzene rings is 1. The highest BCUT2D eigenvalue weighted by Crippen LogP contribution is 2.34. The van der Waals surface area contributed by atoms with Gasteiger partial charge in [-0.15, -0.1) is 11.3 Å². The minimum Gasteiger partial charge on any atom is -0.497 e. The van der Waals surface area contributed by atoms with Gasteiger partial charge in [-0.1, -0.05) is 0 Å². The van der Waals surface area contributed by atoms with Crippen LogP contribution < -0.4 is 15.2 Å². The highest BCUT2D eigenvalue weighted by atomic mass is 32.1. The largest absolute Gasteiger partial charge is 0.497 e. The molecular formula is C13H13N3O2S. The minimum absolute atomic E-state index is 0.686. The Morgan fingerprint density at radius 1 is 1.26 bits per heavy atom.